The van der Waals surface area contributed by atoms with E-state index in [0.29, 0.717) is 60.8 Å². The summed E-state index contributed by atoms with van der Waals surface area (Å²) in [4.78, 5) is 29.9. The molecule has 0 spiro atoms. The van der Waals surface area contributed by atoms with E-state index in [9.17, 15) is 4.79 Å². The molecule has 0 aromatic carbocycles. The van der Waals surface area contributed by atoms with Crippen molar-refractivity contribution in [1.29, 1.82) is 0 Å². The fourth-order valence-electron chi connectivity index (χ4n) is 4.82. The Morgan fingerprint density at radius 2 is 1.97 bits per heavy atom. The molecule has 1 aliphatic rings. The van der Waals surface area contributed by atoms with Crippen LogP contribution in [0.1, 0.15) is 25.3 Å². The zero-order valence-electron chi connectivity index (χ0n) is 21.2. The molecule has 1 N–H and O–H groups in total. The Labute approximate surface area is 208 Å². The van der Waals surface area contributed by atoms with Crippen LogP contribution in [-0.2, 0) is 4.79 Å². The van der Waals surface area contributed by atoms with Crippen LogP contribution in [0.4, 0.5) is 10.2 Å². The van der Waals surface area contributed by atoms with E-state index >= 15 is 4.39 Å². The van der Waals surface area contributed by atoms with E-state index in [0.717, 1.165) is 16.8 Å². The third-order valence-corrected chi connectivity index (χ3v) is 6.76. The molecule has 1 amide bonds. The minimum atomic E-state index is -0.328. The molecule has 5 heterocycles. The van der Waals surface area contributed by atoms with Crippen molar-refractivity contribution in [3.63, 3.8) is 0 Å². The van der Waals surface area contributed by atoms with Gasteiger partial charge < -0.3 is 19.5 Å². The van der Waals surface area contributed by atoms with Crippen LogP contribution in [-0.4, -0.2) is 94.2 Å². The normalized spacial score (nSPS) is 14.8. The molecule has 10 nitrogen and oxygen atoms in total. The summed E-state index contributed by atoms with van der Waals surface area (Å²) in [6, 6.07) is 1.89. The molecule has 0 radical (unpaired) electrons. The lowest BCUT2D eigenvalue weighted by atomic mass is 9.96. The van der Waals surface area contributed by atoms with Gasteiger partial charge in [-0.2, -0.15) is 5.10 Å². The Hall–Kier alpha value is -3.73. The van der Waals surface area contributed by atoms with Gasteiger partial charge in [0, 0.05) is 57.4 Å². The number of likely N-dealkylation sites (N-methyl/N-ethyl adjacent to an activating group) is 1. The number of hydrogen-bond donors (Lipinski definition) is 1. The second kappa shape index (κ2) is 9.38. The first kappa shape index (κ1) is 24.0. The third-order valence-electron chi connectivity index (χ3n) is 6.76. The van der Waals surface area contributed by atoms with Gasteiger partial charge in [0.2, 0.25) is 5.91 Å². The Bertz CT molecular complexity index is 1420. The molecule has 5 rings (SSSR count). The van der Waals surface area contributed by atoms with E-state index in [4.69, 9.17) is 4.74 Å². The van der Waals surface area contributed by atoms with Gasteiger partial charge in [-0.05, 0) is 17.5 Å². The van der Waals surface area contributed by atoms with Crippen molar-refractivity contribution < 1.29 is 13.9 Å². The standard InChI is InChI=1S/C25H31FN8O2/c1-15(2)20-21-17(30-23(20)16-10-18(36-5)24-28-14-29-34(24)12-16)11-27-25(22(21)26)33-8-6-32(7-9-33)13-19(35)31(3)4/h10-12,14-15,30H,6-9,13H2,1-5H3. The number of carbonyl (C=O) groups excluding carboxylic acids is 1. The van der Waals surface area contributed by atoms with Crippen molar-refractivity contribution >= 4 is 28.3 Å². The number of hydrogen-bond acceptors (Lipinski definition) is 7. The first-order chi connectivity index (χ1) is 17.3. The third kappa shape index (κ3) is 4.13. The average molecular weight is 495 g/mol. The van der Waals surface area contributed by atoms with Gasteiger partial charge >= 0.3 is 0 Å². The van der Waals surface area contributed by atoms with Crippen molar-refractivity contribution in [2.75, 3.05) is 58.8 Å². The summed E-state index contributed by atoms with van der Waals surface area (Å²) in [5.41, 5.74) is 3.76. The molecule has 4 aromatic rings. The summed E-state index contributed by atoms with van der Waals surface area (Å²) in [7, 11) is 5.10. The Kier molecular flexibility index (Phi) is 6.25. The van der Waals surface area contributed by atoms with E-state index in [2.05, 4.69) is 38.8 Å². The smallest absolute Gasteiger partial charge is 0.236 e. The highest BCUT2D eigenvalue weighted by atomic mass is 19.1. The van der Waals surface area contributed by atoms with Gasteiger partial charge in [0.1, 0.15) is 6.33 Å². The monoisotopic (exact) mass is 494 g/mol. The molecule has 0 bridgehead atoms. The molecule has 0 aliphatic carbocycles. The maximum Gasteiger partial charge on any atom is 0.236 e. The number of amides is 1. The van der Waals surface area contributed by atoms with Crippen molar-refractivity contribution in [3.05, 3.63) is 36.2 Å². The Balaban J connectivity index is 1.51. The number of ether oxygens (including phenoxy) is 1. The number of H-pyrrole nitrogens is 1. The Morgan fingerprint density at radius 3 is 2.64 bits per heavy atom. The van der Waals surface area contributed by atoms with Gasteiger partial charge in [0.25, 0.3) is 0 Å². The van der Waals surface area contributed by atoms with Crippen LogP contribution in [0.5, 0.6) is 5.75 Å². The summed E-state index contributed by atoms with van der Waals surface area (Å²) >= 11 is 0. The second-order valence-corrected chi connectivity index (χ2v) is 9.63. The number of methoxy groups -OCH3 is 1. The molecule has 0 saturated carbocycles. The number of nitrogens with one attached hydrogen (secondary N) is 1. The van der Waals surface area contributed by atoms with Crippen LogP contribution in [0, 0.1) is 5.82 Å². The van der Waals surface area contributed by atoms with Gasteiger partial charge in [-0.25, -0.2) is 18.9 Å². The number of anilines is 1. The highest BCUT2D eigenvalue weighted by Crippen LogP contribution is 2.39. The first-order valence-electron chi connectivity index (χ1n) is 12.0. The number of carbonyl (C=O) groups is 1. The SMILES string of the molecule is COc1cc(-c2[nH]c3cnc(N4CCN(CC(=O)N(C)C)CC4)c(F)c3c2C(C)C)cn2ncnc12. The predicted molar refractivity (Wildman–Crippen MR) is 136 cm³/mol. The number of piperazine rings is 1. The van der Waals surface area contributed by atoms with E-state index in [-0.39, 0.29) is 17.6 Å². The number of pyridine rings is 2. The topological polar surface area (TPSA) is 94.9 Å². The molecule has 1 fully saturated rings. The summed E-state index contributed by atoms with van der Waals surface area (Å²) in [5, 5.41) is 4.81. The molecule has 0 atom stereocenters. The van der Waals surface area contributed by atoms with E-state index in [1.165, 1.54) is 6.33 Å². The largest absolute Gasteiger partial charge is 0.493 e. The molecule has 0 unspecified atom stereocenters. The quantitative estimate of drug-likeness (QED) is 0.440. The predicted octanol–water partition coefficient (Wildman–Crippen LogP) is 2.75. The van der Waals surface area contributed by atoms with Crippen LogP contribution >= 0.6 is 0 Å². The minimum absolute atomic E-state index is 0.0461. The van der Waals surface area contributed by atoms with Gasteiger partial charge in [-0.15, -0.1) is 0 Å². The Morgan fingerprint density at radius 1 is 1.22 bits per heavy atom. The number of aromatic nitrogens is 5. The fourth-order valence-corrected chi connectivity index (χ4v) is 4.82. The number of fused-ring (bicyclic) bond motifs is 2. The van der Waals surface area contributed by atoms with Crippen LogP contribution in [0.2, 0.25) is 0 Å². The van der Waals surface area contributed by atoms with Crippen molar-refractivity contribution in [2.24, 2.45) is 0 Å². The summed E-state index contributed by atoms with van der Waals surface area (Å²) in [6.07, 6.45) is 5.04. The minimum Gasteiger partial charge on any atom is -0.493 e. The van der Waals surface area contributed by atoms with Crippen LogP contribution < -0.4 is 9.64 Å². The summed E-state index contributed by atoms with van der Waals surface area (Å²) < 4.78 is 23.3. The maximum atomic E-state index is 16.1. The van der Waals surface area contributed by atoms with Crippen molar-refractivity contribution in [2.45, 2.75) is 19.8 Å². The highest BCUT2D eigenvalue weighted by Gasteiger charge is 2.27. The molecule has 11 heteroatoms. The lowest BCUT2D eigenvalue weighted by molar-refractivity contribution is -0.129. The zero-order chi connectivity index (χ0) is 25.6. The molecule has 1 saturated heterocycles. The van der Waals surface area contributed by atoms with Crippen molar-refractivity contribution in [3.8, 4) is 17.0 Å². The van der Waals surface area contributed by atoms with Crippen molar-refractivity contribution in [1.82, 2.24) is 34.4 Å². The van der Waals surface area contributed by atoms with E-state index in [1.807, 2.05) is 17.2 Å². The van der Waals surface area contributed by atoms with Crippen LogP contribution in [0.25, 0.3) is 27.8 Å². The number of halogens is 1. The van der Waals surface area contributed by atoms with Gasteiger partial charge in [-0.3, -0.25) is 9.69 Å². The van der Waals surface area contributed by atoms with Gasteiger partial charge in [-0.1, -0.05) is 13.8 Å². The lowest BCUT2D eigenvalue weighted by Gasteiger charge is -2.35. The van der Waals surface area contributed by atoms with E-state index < -0.39 is 0 Å². The molecule has 190 valence electrons. The van der Waals surface area contributed by atoms with Crippen LogP contribution in [0.3, 0.4) is 0 Å². The molecular weight excluding hydrogens is 463 g/mol. The number of aromatic amines is 1. The van der Waals surface area contributed by atoms with Gasteiger partial charge in [0.05, 0.1) is 31.1 Å². The molecule has 36 heavy (non-hydrogen) atoms. The zero-order valence-corrected chi connectivity index (χ0v) is 21.2. The first-order valence-corrected chi connectivity index (χ1v) is 12.0. The number of nitrogens with zero attached hydrogens (tertiary/aromatic N) is 7. The summed E-state index contributed by atoms with van der Waals surface area (Å²) in [5.74, 6) is 0.715. The average Bonchev–Trinajstić information content (AvgIpc) is 3.49. The molecular formula is C25H31FN8O2. The molecule has 1 aliphatic heterocycles. The lowest BCUT2D eigenvalue weighted by Crippen LogP contribution is -2.49. The molecule has 4 aromatic heterocycles. The summed E-state index contributed by atoms with van der Waals surface area (Å²) in [6.45, 7) is 7.02. The maximum absolute atomic E-state index is 16.1. The highest BCUT2D eigenvalue weighted by molar-refractivity contribution is 5.93. The van der Waals surface area contributed by atoms with E-state index in [1.54, 1.807) is 36.8 Å². The number of rotatable bonds is 6. The van der Waals surface area contributed by atoms with Gasteiger partial charge in [0.15, 0.2) is 23.0 Å². The fraction of sp³-hybridized carbons (Fsp3) is 0.440. The second-order valence-electron chi connectivity index (χ2n) is 9.63. The van der Waals surface area contributed by atoms with Crippen LogP contribution in [0.15, 0.2) is 24.8 Å².